The minimum absolute atomic E-state index is 0.191. The van der Waals surface area contributed by atoms with Gasteiger partial charge in [0, 0.05) is 0 Å². The number of aromatic carboxylic acids is 1. The van der Waals surface area contributed by atoms with E-state index in [9.17, 15) is 4.79 Å². The monoisotopic (exact) mass is 412 g/mol. The standard InChI is InChI=1S/C17H17IO4/c1-3-21-15-9-13(17(19)20)8-14(18)16(15)22-10-12-6-4-5-11(2)7-12/h4-9H,3,10H2,1-2H3,(H,19,20). The van der Waals surface area contributed by atoms with Crippen molar-refractivity contribution in [2.24, 2.45) is 0 Å². The molecule has 0 saturated heterocycles. The van der Waals surface area contributed by atoms with Gasteiger partial charge in [0.2, 0.25) is 0 Å². The van der Waals surface area contributed by atoms with Crippen LogP contribution in [0.25, 0.3) is 0 Å². The van der Waals surface area contributed by atoms with E-state index in [2.05, 4.69) is 28.7 Å². The molecule has 0 spiro atoms. The molecule has 0 aromatic heterocycles. The Morgan fingerprint density at radius 2 is 2.00 bits per heavy atom. The van der Waals surface area contributed by atoms with Crippen molar-refractivity contribution in [2.45, 2.75) is 20.5 Å². The van der Waals surface area contributed by atoms with Crippen LogP contribution < -0.4 is 9.47 Å². The molecule has 4 nitrogen and oxygen atoms in total. The van der Waals surface area contributed by atoms with Crippen LogP contribution in [0.5, 0.6) is 11.5 Å². The minimum atomic E-state index is -0.982. The van der Waals surface area contributed by atoms with Crippen LogP contribution in [0.15, 0.2) is 36.4 Å². The summed E-state index contributed by atoms with van der Waals surface area (Å²) in [6, 6.07) is 11.1. The molecular formula is C17H17IO4. The van der Waals surface area contributed by atoms with Crippen molar-refractivity contribution in [3.05, 3.63) is 56.7 Å². The summed E-state index contributed by atoms with van der Waals surface area (Å²) < 4.78 is 12.1. The number of benzene rings is 2. The second-order valence-corrected chi connectivity index (χ2v) is 5.96. The van der Waals surface area contributed by atoms with Gasteiger partial charge < -0.3 is 14.6 Å². The summed E-state index contributed by atoms with van der Waals surface area (Å²) in [5, 5.41) is 9.13. The van der Waals surface area contributed by atoms with Crippen molar-refractivity contribution < 1.29 is 19.4 Å². The summed E-state index contributed by atoms with van der Waals surface area (Å²) in [5.74, 6) is 0.0533. The number of ether oxygens (including phenoxy) is 2. The first kappa shape index (κ1) is 16.6. The molecule has 0 saturated carbocycles. The SMILES string of the molecule is CCOc1cc(C(=O)O)cc(I)c1OCc1cccc(C)c1. The number of hydrogen-bond donors (Lipinski definition) is 1. The first-order valence-electron chi connectivity index (χ1n) is 6.89. The zero-order valence-electron chi connectivity index (χ0n) is 12.4. The fourth-order valence-corrected chi connectivity index (χ4v) is 2.81. The summed E-state index contributed by atoms with van der Waals surface area (Å²) >= 11 is 2.07. The summed E-state index contributed by atoms with van der Waals surface area (Å²) in [6.45, 7) is 4.73. The van der Waals surface area contributed by atoms with Crippen LogP contribution in [0.1, 0.15) is 28.4 Å². The molecule has 0 radical (unpaired) electrons. The molecule has 116 valence electrons. The fraction of sp³-hybridized carbons (Fsp3) is 0.235. The van der Waals surface area contributed by atoms with E-state index < -0.39 is 5.97 Å². The maximum Gasteiger partial charge on any atom is 0.335 e. The molecule has 2 aromatic carbocycles. The third kappa shape index (κ3) is 4.13. The molecule has 0 aliphatic carbocycles. The van der Waals surface area contributed by atoms with E-state index in [0.717, 1.165) is 5.56 Å². The number of aryl methyl sites for hydroxylation is 1. The summed E-state index contributed by atoms with van der Waals surface area (Å²) in [5.41, 5.74) is 2.42. The Labute approximate surface area is 143 Å². The van der Waals surface area contributed by atoms with E-state index in [1.165, 1.54) is 11.6 Å². The van der Waals surface area contributed by atoms with Crippen molar-refractivity contribution in [1.29, 1.82) is 0 Å². The van der Waals surface area contributed by atoms with Gasteiger partial charge in [-0.05, 0) is 54.1 Å². The van der Waals surface area contributed by atoms with Crippen LogP contribution in [0, 0.1) is 10.5 Å². The maximum absolute atomic E-state index is 11.1. The molecule has 0 unspecified atom stereocenters. The van der Waals surface area contributed by atoms with Crippen LogP contribution in [0.2, 0.25) is 0 Å². The highest BCUT2D eigenvalue weighted by Gasteiger charge is 2.15. The van der Waals surface area contributed by atoms with Gasteiger partial charge in [-0.25, -0.2) is 4.79 Å². The van der Waals surface area contributed by atoms with Gasteiger partial charge in [0.25, 0.3) is 0 Å². The predicted molar refractivity (Wildman–Crippen MR) is 92.8 cm³/mol. The number of halogens is 1. The van der Waals surface area contributed by atoms with Crippen LogP contribution in [0.4, 0.5) is 0 Å². The minimum Gasteiger partial charge on any atom is -0.490 e. The lowest BCUT2D eigenvalue weighted by molar-refractivity contribution is 0.0696. The predicted octanol–water partition coefficient (Wildman–Crippen LogP) is 4.28. The topological polar surface area (TPSA) is 55.8 Å². The molecular weight excluding hydrogens is 395 g/mol. The summed E-state index contributed by atoms with van der Waals surface area (Å²) in [6.07, 6.45) is 0. The van der Waals surface area contributed by atoms with Gasteiger partial charge in [0.05, 0.1) is 15.7 Å². The molecule has 0 heterocycles. The van der Waals surface area contributed by atoms with E-state index in [0.29, 0.717) is 28.3 Å². The lowest BCUT2D eigenvalue weighted by Gasteiger charge is -2.15. The van der Waals surface area contributed by atoms with E-state index in [1.54, 1.807) is 6.07 Å². The molecule has 0 aliphatic heterocycles. The largest absolute Gasteiger partial charge is 0.490 e. The average Bonchev–Trinajstić information content (AvgIpc) is 2.46. The smallest absolute Gasteiger partial charge is 0.335 e. The van der Waals surface area contributed by atoms with Gasteiger partial charge in [-0.2, -0.15) is 0 Å². The van der Waals surface area contributed by atoms with Gasteiger partial charge >= 0.3 is 5.97 Å². The lowest BCUT2D eigenvalue weighted by atomic mass is 10.1. The highest BCUT2D eigenvalue weighted by molar-refractivity contribution is 14.1. The molecule has 1 N–H and O–H groups in total. The van der Waals surface area contributed by atoms with Gasteiger partial charge in [-0.1, -0.05) is 29.8 Å². The quantitative estimate of drug-likeness (QED) is 0.720. The molecule has 0 bridgehead atoms. The highest BCUT2D eigenvalue weighted by atomic mass is 127. The van der Waals surface area contributed by atoms with Crippen LogP contribution in [-0.4, -0.2) is 17.7 Å². The van der Waals surface area contributed by atoms with E-state index >= 15 is 0 Å². The molecule has 2 aromatic rings. The van der Waals surface area contributed by atoms with E-state index in [4.69, 9.17) is 14.6 Å². The van der Waals surface area contributed by atoms with E-state index in [-0.39, 0.29) is 5.56 Å². The number of carbonyl (C=O) groups is 1. The highest BCUT2D eigenvalue weighted by Crippen LogP contribution is 2.35. The fourth-order valence-electron chi connectivity index (χ4n) is 2.05. The number of carboxylic acids is 1. The third-order valence-electron chi connectivity index (χ3n) is 3.02. The zero-order chi connectivity index (χ0) is 16.1. The summed E-state index contributed by atoms with van der Waals surface area (Å²) in [7, 11) is 0. The molecule has 2 rings (SSSR count). The van der Waals surface area contributed by atoms with E-state index in [1.807, 2.05) is 32.0 Å². The first-order valence-corrected chi connectivity index (χ1v) is 7.97. The van der Waals surface area contributed by atoms with Crippen molar-refractivity contribution in [3.63, 3.8) is 0 Å². The number of hydrogen-bond acceptors (Lipinski definition) is 3. The molecule has 0 atom stereocenters. The molecule has 0 fully saturated rings. The molecule has 0 amide bonds. The first-order chi connectivity index (χ1) is 10.5. The lowest BCUT2D eigenvalue weighted by Crippen LogP contribution is -2.05. The third-order valence-corrected chi connectivity index (χ3v) is 3.82. The Hall–Kier alpha value is -1.76. The van der Waals surface area contributed by atoms with Crippen LogP contribution >= 0.6 is 22.6 Å². The Kier molecular flexibility index (Phi) is 5.65. The Balaban J connectivity index is 2.27. The Bertz CT molecular complexity index is 682. The van der Waals surface area contributed by atoms with Gasteiger partial charge in [0.15, 0.2) is 11.5 Å². The normalized spacial score (nSPS) is 10.3. The zero-order valence-corrected chi connectivity index (χ0v) is 14.6. The van der Waals surface area contributed by atoms with Crippen LogP contribution in [0.3, 0.4) is 0 Å². The number of carboxylic acid groups (broad SMARTS) is 1. The second-order valence-electron chi connectivity index (χ2n) is 4.80. The van der Waals surface area contributed by atoms with Gasteiger partial charge in [-0.15, -0.1) is 0 Å². The maximum atomic E-state index is 11.1. The average molecular weight is 412 g/mol. The Morgan fingerprint density at radius 3 is 2.64 bits per heavy atom. The molecule has 0 aliphatic rings. The molecule has 22 heavy (non-hydrogen) atoms. The second kappa shape index (κ2) is 7.49. The summed E-state index contributed by atoms with van der Waals surface area (Å²) in [4.78, 5) is 11.1. The molecule has 5 heteroatoms. The Morgan fingerprint density at radius 1 is 1.23 bits per heavy atom. The van der Waals surface area contributed by atoms with Crippen molar-refractivity contribution in [1.82, 2.24) is 0 Å². The van der Waals surface area contributed by atoms with Crippen LogP contribution in [-0.2, 0) is 6.61 Å². The van der Waals surface area contributed by atoms with Gasteiger partial charge in [-0.3, -0.25) is 0 Å². The van der Waals surface area contributed by atoms with Crippen molar-refractivity contribution in [2.75, 3.05) is 6.61 Å². The van der Waals surface area contributed by atoms with Gasteiger partial charge in [0.1, 0.15) is 6.61 Å². The van der Waals surface area contributed by atoms with Crippen molar-refractivity contribution in [3.8, 4) is 11.5 Å². The van der Waals surface area contributed by atoms with Crippen molar-refractivity contribution >= 4 is 28.6 Å². The number of rotatable bonds is 6.